The molecule has 1 saturated carbocycles. The standard InChI is InChI=1S/C21H19FN6/c1-13-9-25-27(11-13)12-20-26-19-10-24-18-6-4-15(23-2)8-17(18)21(19)28(20)16-5-3-14(22)7-16/h4,6,8-11,14,16H,3,5,7,12H2,1H3. The van der Waals surface area contributed by atoms with Crippen molar-refractivity contribution >= 4 is 27.6 Å². The first-order valence-corrected chi connectivity index (χ1v) is 9.42. The largest absolute Gasteiger partial charge is 0.323 e. The molecule has 0 radical (unpaired) electrons. The summed E-state index contributed by atoms with van der Waals surface area (Å²) in [7, 11) is 0. The second-order valence-electron chi connectivity index (χ2n) is 7.48. The molecule has 2 atom stereocenters. The molecular weight excluding hydrogens is 355 g/mol. The van der Waals surface area contributed by atoms with Crippen molar-refractivity contribution in [2.24, 2.45) is 0 Å². The lowest BCUT2D eigenvalue weighted by molar-refractivity contribution is 0.330. The molecule has 1 fully saturated rings. The van der Waals surface area contributed by atoms with Gasteiger partial charge in [0.2, 0.25) is 0 Å². The molecule has 6 nitrogen and oxygen atoms in total. The molecule has 0 saturated heterocycles. The highest BCUT2D eigenvalue weighted by Crippen LogP contribution is 2.38. The van der Waals surface area contributed by atoms with Crippen LogP contribution >= 0.6 is 0 Å². The van der Waals surface area contributed by atoms with Crippen LogP contribution in [0.25, 0.3) is 26.8 Å². The van der Waals surface area contributed by atoms with Gasteiger partial charge in [0, 0.05) is 17.6 Å². The first kappa shape index (κ1) is 16.9. The van der Waals surface area contributed by atoms with Crippen LogP contribution in [-0.4, -0.2) is 30.5 Å². The molecule has 2 unspecified atom stereocenters. The van der Waals surface area contributed by atoms with Crippen LogP contribution in [0.4, 0.5) is 10.1 Å². The molecule has 0 aliphatic heterocycles. The van der Waals surface area contributed by atoms with Crippen molar-refractivity contribution in [2.45, 2.75) is 44.9 Å². The van der Waals surface area contributed by atoms with Gasteiger partial charge in [-0.15, -0.1) is 0 Å². The van der Waals surface area contributed by atoms with Gasteiger partial charge < -0.3 is 4.57 Å². The summed E-state index contributed by atoms with van der Waals surface area (Å²) in [4.78, 5) is 12.9. The number of fused-ring (bicyclic) bond motifs is 3. The van der Waals surface area contributed by atoms with Crippen molar-refractivity contribution in [2.75, 3.05) is 0 Å². The molecule has 0 N–H and O–H groups in total. The average Bonchev–Trinajstić information content (AvgIpc) is 3.39. The quantitative estimate of drug-likeness (QED) is 0.486. The lowest BCUT2D eigenvalue weighted by Crippen LogP contribution is -2.13. The van der Waals surface area contributed by atoms with Crippen molar-refractivity contribution in [1.29, 1.82) is 0 Å². The summed E-state index contributed by atoms with van der Waals surface area (Å²) >= 11 is 0. The minimum absolute atomic E-state index is 0.0499. The Labute approximate surface area is 161 Å². The topological polar surface area (TPSA) is 52.9 Å². The second-order valence-corrected chi connectivity index (χ2v) is 7.48. The molecule has 5 rings (SSSR count). The van der Waals surface area contributed by atoms with E-state index in [1.165, 1.54) is 0 Å². The van der Waals surface area contributed by atoms with E-state index in [0.29, 0.717) is 25.1 Å². The van der Waals surface area contributed by atoms with Crippen LogP contribution in [0.3, 0.4) is 0 Å². The number of rotatable bonds is 3. The van der Waals surface area contributed by atoms with E-state index in [0.717, 1.165) is 39.7 Å². The van der Waals surface area contributed by atoms with E-state index in [1.807, 2.05) is 36.1 Å². The smallest absolute Gasteiger partial charge is 0.188 e. The van der Waals surface area contributed by atoms with E-state index >= 15 is 0 Å². The SMILES string of the molecule is [C-]#[N+]c1ccc2ncc3nc(Cn4cc(C)cn4)n(C4CCC(F)C4)c3c2c1. The number of aryl methyl sites for hydroxylation is 1. The second kappa shape index (κ2) is 6.41. The van der Waals surface area contributed by atoms with Crippen LogP contribution in [0.1, 0.15) is 36.7 Å². The Bertz CT molecular complexity index is 1230. The highest BCUT2D eigenvalue weighted by Gasteiger charge is 2.29. The summed E-state index contributed by atoms with van der Waals surface area (Å²) in [5, 5.41) is 5.28. The lowest BCUT2D eigenvalue weighted by atomic mass is 10.1. The highest BCUT2D eigenvalue weighted by molar-refractivity contribution is 6.03. The number of hydrogen-bond donors (Lipinski definition) is 0. The summed E-state index contributed by atoms with van der Waals surface area (Å²) in [6, 6.07) is 5.55. The van der Waals surface area contributed by atoms with Crippen LogP contribution in [0.2, 0.25) is 0 Å². The minimum atomic E-state index is -0.783. The van der Waals surface area contributed by atoms with Crippen molar-refractivity contribution < 1.29 is 4.39 Å². The van der Waals surface area contributed by atoms with E-state index in [-0.39, 0.29) is 6.04 Å². The normalized spacial score (nSPS) is 19.5. The van der Waals surface area contributed by atoms with E-state index in [4.69, 9.17) is 11.6 Å². The van der Waals surface area contributed by atoms with Gasteiger partial charge in [-0.05, 0) is 43.9 Å². The van der Waals surface area contributed by atoms with Gasteiger partial charge in [0.25, 0.3) is 0 Å². The predicted octanol–water partition coefficient (Wildman–Crippen LogP) is 4.75. The maximum Gasteiger partial charge on any atom is 0.188 e. The molecule has 28 heavy (non-hydrogen) atoms. The number of hydrogen-bond acceptors (Lipinski definition) is 3. The highest BCUT2D eigenvalue weighted by atomic mass is 19.1. The Balaban J connectivity index is 1.76. The molecule has 0 amide bonds. The van der Waals surface area contributed by atoms with Gasteiger partial charge in [0.1, 0.15) is 17.5 Å². The van der Waals surface area contributed by atoms with Crippen LogP contribution < -0.4 is 0 Å². The van der Waals surface area contributed by atoms with Crippen LogP contribution in [0.15, 0.2) is 36.8 Å². The summed E-state index contributed by atoms with van der Waals surface area (Å²) < 4.78 is 18.1. The molecule has 1 aromatic carbocycles. The Hall–Kier alpha value is -3.27. The third-order valence-corrected chi connectivity index (χ3v) is 5.47. The van der Waals surface area contributed by atoms with Crippen LogP contribution in [0, 0.1) is 13.5 Å². The maximum absolute atomic E-state index is 14.1. The lowest BCUT2D eigenvalue weighted by Gasteiger charge is -2.17. The Kier molecular flexibility index (Phi) is 3.86. The zero-order chi connectivity index (χ0) is 19.3. The fraction of sp³-hybridized carbons (Fsp3) is 0.333. The molecule has 1 aliphatic carbocycles. The molecule has 4 aromatic rings. The average molecular weight is 374 g/mol. The molecular formula is C21H19FN6. The maximum atomic E-state index is 14.1. The van der Waals surface area contributed by atoms with Crippen LogP contribution in [-0.2, 0) is 6.54 Å². The van der Waals surface area contributed by atoms with Crippen LogP contribution in [0.5, 0.6) is 0 Å². The Morgan fingerprint density at radius 3 is 2.86 bits per heavy atom. The van der Waals surface area contributed by atoms with E-state index in [1.54, 1.807) is 12.3 Å². The fourth-order valence-corrected chi connectivity index (χ4v) is 4.22. The number of alkyl halides is 1. The number of halogens is 1. The van der Waals surface area contributed by atoms with Gasteiger partial charge in [-0.25, -0.2) is 14.2 Å². The van der Waals surface area contributed by atoms with Gasteiger partial charge in [0.05, 0.1) is 36.5 Å². The number of pyridine rings is 1. The number of benzene rings is 1. The third kappa shape index (κ3) is 2.73. The van der Waals surface area contributed by atoms with E-state index in [9.17, 15) is 4.39 Å². The molecule has 1 aliphatic rings. The molecule has 3 aromatic heterocycles. The van der Waals surface area contributed by atoms with Gasteiger partial charge in [0.15, 0.2) is 5.69 Å². The van der Waals surface area contributed by atoms with Crippen molar-refractivity contribution in [1.82, 2.24) is 24.3 Å². The summed E-state index contributed by atoms with van der Waals surface area (Å²) in [5.74, 6) is 0.847. The molecule has 0 bridgehead atoms. The van der Waals surface area contributed by atoms with Gasteiger partial charge >= 0.3 is 0 Å². The van der Waals surface area contributed by atoms with Gasteiger partial charge in [-0.2, -0.15) is 5.10 Å². The first-order valence-electron chi connectivity index (χ1n) is 9.42. The van der Waals surface area contributed by atoms with Crippen molar-refractivity contribution in [3.8, 4) is 0 Å². The molecule has 140 valence electrons. The Morgan fingerprint density at radius 1 is 1.25 bits per heavy atom. The van der Waals surface area contributed by atoms with Crippen molar-refractivity contribution in [3.63, 3.8) is 0 Å². The zero-order valence-corrected chi connectivity index (χ0v) is 15.5. The predicted molar refractivity (Wildman–Crippen MR) is 105 cm³/mol. The van der Waals surface area contributed by atoms with Gasteiger partial charge in [-0.1, -0.05) is 6.07 Å². The molecule has 7 heteroatoms. The third-order valence-electron chi connectivity index (χ3n) is 5.47. The molecule has 0 spiro atoms. The summed E-state index contributed by atoms with van der Waals surface area (Å²) in [6.45, 7) is 9.87. The summed E-state index contributed by atoms with van der Waals surface area (Å²) in [6.07, 6.45) is 6.62. The number of aromatic nitrogens is 5. The Morgan fingerprint density at radius 2 is 2.14 bits per heavy atom. The first-order chi connectivity index (χ1) is 13.6. The number of nitrogens with zero attached hydrogens (tertiary/aromatic N) is 6. The van der Waals surface area contributed by atoms with Gasteiger partial charge in [-0.3, -0.25) is 9.67 Å². The van der Waals surface area contributed by atoms with Crippen molar-refractivity contribution in [3.05, 3.63) is 59.6 Å². The zero-order valence-electron chi connectivity index (χ0n) is 15.5. The fourth-order valence-electron chi connectivity index (χ4n) is 4.22. The minimum Gasteiger partial charge on any atom is -0.323 e. The molecule has 3 heterocycles. The summed E-state index contributed by atoms with van der Waals surface area (Å²) in [5.41, 5.74) is 4.18. The number of imidazole rings is 1. The monoisotopic (exact) mass is 374 g/mol. The van der Waals surface area contributed by atoms with E-state index in [2.05, 4.69) is 19.5 Å². The van der Waals surface area contributed by atoms with E-state index < -0.39 is 6.17 Å².